The summed E-state index contributed by atoms with van der Waals surface area (Å²) >= 11 is 0. The highest BCUT2D eigenvalue weighted by Gasteiger charge is 1.97. The fourth-order valence-corrected chi connectivity index (χ4v) is 0.962. The Bertz CT molecular complexity index is 305. The summed E-state index contributed by atoms with van der Waals surface area (Å²) < 4.78 is 0. The molecule has 1 N–H and O–H groups in total. The van der Waals surface area contributed by atoms with E-state index in [1.54, 1.807) is 12.4 Å². The Morgan fingerprint density at radius 1 is 1.62 bits per heavy atom. The molecule has 0 atom stereocenters. The average Bonchev–Trinajstić information content (AvgIpc) is 2.18. The van der Waals surface area contributed by atoms with Crippen LogP contribution >= 0.6 is 0 Å². The quantitative estimate of drug-likeness (QED) is 0.720. The van der Waals surface area contributed by atoms with Crippen molar-refractivity contribution in [3.8, 4) is 0 Å². The highest BCUT2D eigenvalue weighted by atomic mass is 14.9. The maximum absolute atomic E-state index is 4.46. The molecule has 1 aromatic rings. The van der Waals surface area contributed by atoms with Crippen LogP contribution in [0.15, 0.2) is 23.5 Å². The zero-order valence-electron chi connectivity index (χ0n) is 8.33. The third kappa shape index (κ3) is 2.54. The number of rotatable bonds is 3. The summed E-state index contributed by atoms with van der Waals surface area (Å²) in [7, 11) is 1.87. The SMILES string of the molecule is CCC(C)=Nc1ccncc1NC. The highest BCUT2D eigenvalue weighted by molar-refractivity contribution is 5.86. The topological polar surface area (TPSA) is 37.3 Å². The molecule has 0 fully saturated rings. The molecule has 0 aliphatic rings. The number of nitrogens with one attached hydrogen (secondary N) is 1. The third-order valence-electron chi connectivity index (χ3n) is 1.89. The van der Waals surface area contributed by atoms with E-state index in [0.29, 0.717) is 0 Å². The smallest absolute Gasteiger partial charge is 0.0891 e. The van der Waals surface area contributed by atoms with Crippen molar-refractivity contribution >= 4 is 17.1 Å². The van der Waals surface area contributed by atoms with Crippen LogP contribution in [-0.2, 0) is 0 Å². The lowest BCUT2D eigenvalue weighted by Crippen LogP contribution is -1.91. The van der Waals surface area contributed by atoms with Gasteiger partial charge in [-0.2, -0.15) is 0 Å². The van der Waals surface area contributed by atoms with Gasteiger partial charge in [0.25, 0.3) is 0 Å². The molecule has 0 radical (unpaired) electrons. The fourth-order valence-electron chi connectivity index (χ4n) is 0.962. The van der Waals surface area contributed by atoms with E-state index in [-0.39, 0.29) is 0 Å². The molecule has 3 nitrogen and oxygen atoms in total. The summed E-state index contributed by atoms with van der Waals surface area (Å²) in [4.78, 5) is 8.48. The minimum Gasteiger partial charge on any atom is -0.385 e. The largest absolute Gasteiger partial charge is 0.385 e. The molecule has 0 unspecified atom stereocenters. The van der Waals surface area contributed by atoms with E-state index in [2.05, 4.69) is 22.2 Å². The summed E-state index contributed by atoms with van der Waals surface area (Å²) in [5.41, 5.74) is 3.05. The predicted molar refractivity (Wildman–Crippen MR) is 56.8 cm³/mol. The maximum atomic E-state index is 4.46. The van der Waals surface area contributed by atoms with Crippen LogP contribution in [0.1, 0.15) is 20.3 Å². The summed E-state index contributed by atoms with van der Waals surface area (Å²) in [6.07, 6.45) is 4.51. The first-order valence-electron chi connectivity index (χ1n) is 4.43. The molecule has 1 aromatic heterocycles. The standard InChI is InChI=1S/C10H15N3/c1-4-8(2)13-9-5-6-12-7-10(9)11-3/h5-7,11H,4H2,1-3H3. The first kappa shape index (κ1) is 9.71. The predicted octanol–water partition coefficient (Wildman–Crippen LogP) is 2.63. The Morgan fingerprint density at radius 3 is 3.00 bits per heavy atom. The van der Waals surface area contributed by atoms with E-state index in [1.165, 1.54) is 0 Å². The molecule has 1 rings (SSSR count). The molecule has 1 heterocycles. The second-order valence-electron chi connectivity index (χ2n) is 2.84. The van der Waals surface area contributed by atoms with Crippen LogP contribution in [0.25, 0.3) is 0 Å². The van der Waals surface area contributed by atoms with E-state index in [4.69, 9.17) is 0 Å². The highest BCUT2D eigenvalue weighted by Crippen LogP contribution is 2.22. The number of aromatic nitrogens is 1. The number of hydrogen-bond acceptors (Lipinski definition) is 3. The van der Waals surface area contributed by atoms with Crippen LogP contribution in [0.2, 0.25) is 0 Å². The molecule has 0 spiro atoms. The van der Waals surface area contributed by atoms with E-state index in [0.717, 1.165) is 23.5 Å². The zero-order valence-corrected chi connectivity index (χ0v) is 8.33. The lowest BCUT2D eigenvalue weighted by Gasteiger charge is -2.03. The van der Waals surface area contributed by atoms with Gasteiger partial charge in [-0.3, -0.25) is 9.98 Å². The molecule has 0 aliphatic heterocycles. The summed E-state index contributed by atoms with van der Waals surface area (Å²) in [5.74, 6) is 0. The van der Waals surface area contributed by atoms with Crippen LogP contribution in [0.3, 0.4) is 0 Å². The van der Waals surface area contributed by atoms with E-state index in [1.807, 2.05) is 20.0 Å². The Hall–Kier alpha value is -1.38. The minimum absolute atomic E-state index is 0.955. The number of aliphatic imine (C=N–C) groups is 1. The first-order valence-corrected chi connectivity index (χ1v) is 4.43. The molecule has 70 valence electrons. The van der Waals surface area contributed by atoms with Crippen molar-refractivity contribution in [2.45, 2.75) is 20.3 Å². The van der Waals surface area contributed by atoms with Gasteiger partial charge in [0.2, 0.25) is 0 Å². The number of anilines is 1. The summed E-state index contributed by atoms with van der Waals surface area (Å²) in [6, 6.07) is 1.91. The number of pyridine rings is 1. The molecule has 3 heteroatoms. The third-order valence-corrected chi connectivity index (χ3v) is 1.89. The second-order valence-corrected chi connectivity index (χ2v) is 2.84. The summed E-state index contributed by atoms with van der Waals surface area (Å²) in [6.45, 7) is 4.12. The molecular weight excluding hydrogens is 162 g/mol. The van der Waals surface area contributed by atoms with E-state index < -0.39 is 0 Å². The molecule has 0 aliphatic carbocycles. The lowest BCUT2D eigenvalue weighted by molar-refractivity contribution is 1.24. The zero-order chi connectivity index (χ0) is 9.68. The average molecular weight is 177 g/mol. The van der Waals surface area contributed by atoms with Gasteiger partial charge >= 0.3 is 0 Å². The molecule has 0 saturated carbocycles. The maximum Gasteiger partial charge on any atom is 0.0891 e. The normalized spacial score (nSPS) is 11.5. The monoisotopic (exact) mass is 177 g/mol. The summed E-state index contributed by atoms with van der Waals surface area (Å²) in [5, 5.41) is 3.06. The second kappa shape index (κ2) is 4.60. The van der Waals surface area contributed by atoms with Gasteiger partial charge in [-0.05, 0) is 19.4 Å². The first-order chi connectivity index (χ1) is 6.27. The van der Waals surface area contributed by atoms with Crippen molar-refractivity contribution < 1.29 is 0 Å². The van der Waals surface area contributed by atoms with Crippen molar-refractivity contribution in [2.24, 2.45) is 4.99 Å². The van der Waals surface area contributed by atoms with Crippen LogP contribution in [-0.4, -0.2) is 17.7 Å². The van der Waals surface area contributed by atoms with E-state index >= 15 is 0 Å². The van der Waals surface area contributed by atoms with Crippen LogP contribution in [0.4, 0.5) is 11.4 Å². The van der Waals surface area contributed by atoms with Gasteiger partial charge in [-0.1, -0.05) is 6.92 Å². The van der Waals surface area contributed by atoms with Crippen LogP contribution < -0.4 is 5.32 Å². The van der Waals surface area contributed by atoms with Gasteiger partial charge in [-0.25, -0.2) is 0 Å². The van der Waals surface area contributed by atoms with Gasteiger partial charge in [0.1, 0.15) is 0 Å². The van der Waals surface area contributed by atoms with Crippen molar-refractivity contribution in [3.63, 3.8) is 0 Å². The molecule has 0 amide bonds. The van der Waals surface area contributed by atoms with Crippen LogP contribution in [0.5, 0.6) is 0 Å². The molecular formula is C10H15N3. The van der Waals surface area contributed by atoms with Crippen molar-refractivity contribution in [2.75, 3.05) is 12.4 Å². The van der Waals surface area contributed by atoms with Gasteiger partial charge in [0, 0.05) is 19.0 Å². The Balaban J connectivity index is 2.99. The minimum atomic E-state index is 0.955. The van der Waals surface area contributed by atoms with E-state index in [9.17, 15) is 0 Å². The van der Waals surface area contributed by atoms with Gasteiger partial charge in [-0.15, -0.1) is 0 Å². The number of hydrogen-bond donors (Lipinski definition) is 1. The molecule has 13 heavy (non-hydrogen) atoms. The van der Waals surface area contributed by atoms with Gasteiger partial charge < -0.3 is 5.32 Å². The molecule has 0 saturated heterocycles. The van der Waals surface area contributed by atoms with Gasteiger partial charge in [0.05, 0.1) is 17.6 Å². The van der Waals surface area contributed by atoms with Crippen molar-refractivity contribution in [3.05, 3.63) is 18.5 Å². The lowest BCUT2D eigenvalue weighted by atomic mass is 10.3. The molecule has 0 bridgehead atoms. The van der Waals surface area contributed by atoms with Crippen molar-refractivity contribution in [1.29, 1.82) is 0 Å². The Morgan fingerprint density at radius 2 is 2.38 bits per heavy atom. The Labute approximate surface area is 78.9 Å². The van der Waals surface area contributed by atoms with Crippen LogP contribution in [0, 0.1) is 0 Å². The fraction of sp³-hybridized carbons (Fsp3) is 0.400. The van der Waals surface area contributed by atoms with Crippen molar-refractivity contribution in [1.82, 2.24) is 4.98 Å². The Kier molecular flexibility index (Phi) is 3.43. The van der Waals surface area contributed by atoms with Gasteiger partial charge in [0.15, 0.2) is 0 Å². The molecule has 0 aromatic carbocycles. The number of nitrogens with zero attached hydrogens (tertiary/aromatic N) is 2.